The van der Waals surface area contributed by atoms with Crippen LogP contribution in [0.1, 0.15) is 32.6 Å². The van der Waals surface area contributed by atoms with Crippen molar-refractivity contribution in [2.45, 2.75) is 50.2 Å². The first kappa shape index (κ1) is 15.7. The van der Waals surface area contributed by atoms with E-state index < -0.39 is 5.54 Å². The molecule has 2 saturated heterocycles. The Labute approximate surface area is 122 Å². The van der Waals surface area contributed by atoms with Crippen molar-refractivity contribution in [3.05, 3.63) is 0 Å². The molecule has 0 aromatic rings. The summed E-state index contributed by atoms with van der Waals surface area (Å²) in [5.41, 5.74) is -0.468. The van der Waals surface area contributed by atoms with Crippen molar-refractivity contribution in [3.8, 4) is 0 Å². The molecule has 2 unspecified atom stereocenters. The maximum Gasteiger partial charge on any atom is 0.326 e. The number of ether oxygens (including phenoxy) is 1. The summed E-state index contributed by atoms with van der Waals surface area (Å²) < 4.78 is 5.37. The molecule has 0 radical (unpaired) electrons. The Bertz CT molecular complexity index is 332. The van der Waals surface area contributed by atoms with E-state index in [0.29, 0.717) is 18.7 Å². The van der Waals surface area contributed by atoms with E-state index in [2.05, 4.69) is 36.3 Å². The highest BCUT2D eigenvalue weighted by Gasteiger charge is 2.51. The molecule has 2 aliphatic rings. The predicted molar refractivity (Wildman–Crippen MR) is 79.7 cm³/mol. The van der Waals surface area contributed by atoms with Crippen LogP contribution in [0.3, 0.4) is 0 Å². The summed E-state index contributed by atoms with van der Waals surface area (Å²) in [6, 6.07) is 1.04. The summed E-state index contributed by atoms with van der Waals surface area (Å²) in [4.78, 5) is 17.1. The van der Waals surface area contributed by atoms with Crippen molar-refractivity contribution >= 4 is 5.97 Å². The van der Waals surface area contributed by atoms with Gasteiger partial charge in [-0.15, -0.1) is 0 Å². The van der Waals surface area contributed by atoms with Gasteiger partial charge in [-0.2, -0.15) is 0 Å². The fraction of sp³-hybridized carbons (Fsp3) is 0.933. The molecule has 0 aromatic heterocycles. The molecule has 0 aliphatic carbocycles. The standard InChI is InChI=1S/C15H29N3O2/c1-5-20-14(19)15(16-8-9-17(2)3)10-12-6-7-13(11-15)18(12)4/h12-13,16H,5-11H2,1-4H3. The highest BCUT2D eigenvalue weighted by molar-refractivity contribution is 5.81. The molecule has 2 atom stereocenters. The second-order valence-electron chi connectivity index (χ2n) is 6.49. The number of hydrogen-bond acceptors (Lipinski definition) is 5. The third-order valence-corrected chi connectivity index (χ3v) is 4.84. The number of fused-ring (bicyclic) bond motifs is 2. The summed E-state index contributed by atoms with van der Waals surface area (Å²) in [6.45, 7) is 4.11. The first-order valence-corrected chi connectivity index (χ1v) is 7.77. The van der Waals surface area contributed by atoms with Crippen LogP contribution >= 0.6 is 0 Å². The van der Waals surface area contributed by atoms with Gasteiger partial charge in [0.15, 0.2) is 0 Å². The lowest BCUT2D eigenvalue weighted by molar-refractivity contribution is -0.154. The SMILES string of the molecule is CCOC(=O)C1(NCCN(C)C)CC2CCC(C1)N2C. The molecule has 2 heterocycles. The van der Waals surface area contributed by atoms with Crippen molar-refractivity contribution in [1.29, 1.82) is 0 Å². The van der Waals surface area contributed by atoms with E-state index in [9.17, 15) is 4.79 Å². The van der Waals surface area contributed by atoms with Gasteiger partial charge in [0.2, 0.25) is 0 Å². The van der Waals surface area contributed by atoms with Crippen molar-refractivity contribution in [2.75, 3.05) is 40.8 Å². The molecular formula is C15H29N3O2. The Balaban J connectivity index is 2.07. The highest BCUT2D eigenvalue weighted by atomic mass is 16.5. The highest BCUT2D eigenvalue weighted by Crippen LogP contribution is 2.40. The zero-order valence-electron chi connectivity index (χ0n) is 13.3. The molecule has 0 aromatic carbocycles. The summed E-state index contributed by atoms with van der Waals surface area (Å²) in [7, 11) is 6.30. The van der Waals surface area contributed by atoms with Crippen LogP contribution in [0, 0.1) is 0 Å². The largest absolute Gasteiger partial charge is 0.465 e. The average molecular weight is 283 g/mol. The minimum absolute atomic E-state index is 0.0521. The Morgan fingerprint density at radius 1 is 1.35 bits per heavy atom. The smallest absolute Gasteiger partial charge is 0.326 e. The predicted octanol–water partition coefficient (Wildman–Crippen LogP) is 0.696. The number of carbonyl (C=O) groups is 1. The molecule has 5 nitrogen and oxygen atoms in total. The van der Waals surface area contributed by atoms with Gasteiger partial charge in [-0.25, -0.2) is 0 Å². The van der Waals surface area contributed by atoms with Crippen LogP contribution < -0.4 is 5.32 Å². The van der Waals surface area contributed by atoms with Crippen molar-refractivity contribution in [2.24, 2.45) is 0 Å². The zero-order valence-corrected chi connectivity index (χ0v) is 13.3. The van der Waals surface area contributed by atoms with E-state index in [4.69, 9.17) is 4.74 Å². The number of rotatable bonds is 6. The van der Waals surface area contributed by atoms with Crippen LogP contribution in [0.2, 0.25) is 0 Å². The number of likely N-dealkylation sites (N-methyl/N-ethyl adjacent to an activating group) is 1. The third kappa shape index (κ3) is 3.15. The topological polar surface area (TPSA) is 44.8 Å². The molecule has 2 bridgehead atoms. The van der Waals surface area contributed by atoms with Crippen molar-refractivity contribution < 1.29 is 9.53 Å². The fourth-order valence-electron chi connectivity index (χ4n) is 3.64. The second kappa shape index (κ2) is 6.41. The van der Waals surface area contributed by atoms with Gasteiger partial charge in [-0.3, -0.25) is 4.79 Å². The monoisotopic (exact) mass is 283 g/mol. The van der Waals surface area contributed by atoms with Gasteiger partial charge in [0.1, 0.15) is 5.54 Å². The van der Waals surface area contributed by atoms with E-state index in [-0.39, 0.29) is 5.97 Å². The Kier molecular flexibility index (Phi) is 5.04. The maximum atomic E-state index is 12.5. The normalized spacial score (nSPS) is 33.6. The maximum absolute atomic E-state index is 12.5. The minimum atomic E-state index is -0.468. The van der Waals surface area contributed by atoms with E-state index in [0.717, 1.165) is 25.9 Å². The van der Waals surface area contributed by atoms with Gasteiger partial charge < -0.3 is 19.9 Å². The number of piperidine rings is 1. The first-order valence-electron chi connectivity index (χ1n) is 7.77. The van der Waals surface area contributed by atoms with Crippen LogP contribution in [0.5, 0.6) is 0 Å². The molecule has 0 saturated carbocycles. The van der Waals surface area contributed by atoms with Crippen molar-refractivity contribution in [1.82, 2.24) is 15.1 Å². The quantitative estimate of drug-likeness (QED) is 0.727. The van der Waals surface area contributed by atoms with Crippen LogP contribution in [0.15, 0.2) is 0 Å². The van der Waals surface area contributed by atoms with E-state index in [1.165, 1.54) is 12.8 Å². The lowest BCUT2D eigenvalue weighted by Crippen LogP contribution is -2.62. The number of hydrogen-bond donors (Lipinski definition) is 1. The molecule has 1 N–H and O–H groups in total. The Morgan fingerprint density at radius 2 is 1.95 bits per heavy atom. The molecular weight excluding hydrogens is 254 g/mol. The average Bonchev–Trinajstić information content (AvgIpc) is 2.63. The molecule has 116 valence electrons. The summed E-state index contributed by atoms with van der Waals surface area (Å²) in [6.07, 6.45) is 4.17. The van der Waals surface area contributed by atoms with Gasteiger partial charge >= 0.3 is 5.97 Å². The van der Waals surface area contributed by atoms with Crippen LogP contribution in [0.25, 0.3) is 0 Å². The number of carbonyl (C=O) groups excluding carboxylic acids is 1. The number of esters is 1. The third-order valence-electron chi connectivity index (χ3n) is 4.84. The lowest BCUT2D eigenvalue weighted by atomic mass is 9.82. The van der Waals surface area contributed by atoms with E-state index in [1.54, 1.807) is 0 Å². The second-order valence-corrected chi connectivity index (χ2v) is 6.49. The van der Waals surface area contributed by atoms with Gasteiger partial charge in [0, 0.05) is 25.2 Å². The molecule has 2 aliphatic heterocycles. The molecule has 2 rings (SSSR count). The lowest BCUT2D eigenvalue weighted by Gasteiger charge is -2.44. The number of nitrogens with one attached hydrogen (secondary N) is 1. The van der Waals surface area contributed by atoms with E-state index >= 15 is 0 Å². The molecule has 5 heteroatoms. The molecule has 0 spiro atoms. The zero-order chi connectivity index (χ0) is 14.8. The van der Waals surface area contributed by atoms with Gasteiger partial charge in [0.05, 0.1) is 6.61 Å². The summed E-state index contributed by atoms with van der Waals surface area (Å²) in [5.74, 6) is -0.0521. The van der Waals surface area contributed by atoms with Crippen LogP contribution in [-0.4, -0.2) is 74.2 Å². The fourth-order valence-corrected chi connectivity index (χ4v) is 3.64. The van der Waals surface area contributed by atoms with Gasteiger partial charge in [0.25, 0.3) is 0 Å². The number of nitrogens with zero attached hydrogens (tertiary/aromatic N) is 2. The summed E-state index contributed by atoms with van der Waals surface area (Å²) in [5, 5.41) is 3.53. The first-order chi connectivity index (χ1) is 9.48. The summed E-state index contributed by atoms with van der Waals surface area (Å²) >= 11 is 0. The van der Waals surface area contributed by atoms with Gasteiger partial charge in [-0.05, 0) is 53.8 Å². The van der Waals surface area contributed by atoms with E-state index in [1.807, 2.05) is 6.92 Å². The molecule has 0 amide bonds. The Hall–Kier alpha value is -0.650. The van der Waals surface area contributed by atoms with Crippen LogP contribution in [-0.2, 0) is 9.53 Å². The minimum Gasteiger partial charge on any atom is -0.465 e. The van der Waals surface area contributed by atoms with Crippen LogP contribution in [0.4, 0.5) is 0 Å². The van der Waals surface area contributed by atoms with Crippen molar-refractivity contribution in [3.63, 3.8) is 0 Å². The molecule has 2 fully saturated rings. The Morgan fingerprint density at radius 3 is 2.45 bits per heavy atom. The van der Waals surface area contributed by atoms with Gasteiger partial charge in [-0.1, -0.05) is 0 Å². The molecule has 20 heavy (non-hydrogen) atoms.